The van der Waals surface area contributed by atoms with Crippen molar-refractivity contribution in [2.75, 3.05) is 0 Å². The second-order valence-corrected chi connectivity index (χ2v) is 2.81. The predicted molar refractivity (Wildman–Crippen MR) is 49.0 cm³/mol. The summed E-state index contributed by atoms with van der Waals surface area (Å²) in [5, 5.41) is 0.425. The largest absolute Gasteiger partial charge is 0.329 e. The molecule has 60 valence electrons. The number of nitrogens with one attached hydrogen (secondary N) is 1. The van der Waals surface area contributed by atoms with E-state index >= 15 is 0 Å². The van der Waals surface area contributed by atoms with Gasteiger partial charge in [0.1, 0.15) is 0 Å². The number of aromatic amines is 1. The van der Waals surface area contributed by atoms with Crippen molar-refractivity contribution < 1.29 is 0 Å². The zero-order chi connectivity index (χ0) is 8.39. The molecular formula is C9H7ClN2. The van der Waals surface area contributed by atoms with Crippen LogP contribution in [0.3, 0.4) is 0 Å². The predicted octanol–water partition coefficient (Wildman–Crippen LogP) is 2.73. The summed E-state index contributed by atoms with van der Waals surface area (Å²) in [5.41, 5.74) is 2.04. The lowest BCUT2D eigenvalue weighted by Gasteiger charge is -1.93. The molecule has 2 rings (SSSR count). The van der Waals surface area contributed by atoms with Gasteiger partial charge in [-0.25, -0.2) is 4.98 Å². The average molecular weight is 179 g/mol. The number of aromatic nitrogens is 2. The monoisotopic (exact) mass is 178 g/mol. The number of hydrogen-bond donors (Lipinski definition) is 1. The van der Waals surface area contributed by atoms with Crippen LogP contribution in [0.25, 0.3) is 11.3 Å². The van der Waals surface area contributed by atoms with Crippen molar-refractivity contribution in [1.82, 2.24) is 9.97 Å². The number of benzene rings is 1. The second kappa shape index (κ2) is 2.99. The minimum Gasteiger partial charge on any atom is -0.329 e. The van der Waals surface area contributed by atoms with Crippen LogP contribution < -0.4 is 0 Å². The molecular weight excluding hydrogens is 172 g/mol. The Bertz CT molecular complexity index is 367. The molecule has 1 aromatic heterocycles. The first kappa shape index (κ1) is 7.37. The van der Waals surface area contributed by atoms with E-state index in [2.05, 4.69) is 9.97 Å². The topological polar surface area (TPSA) is 28.7 Å². The number of H-pyrrole nitrogens is 1. The van der Waals surface area contributed by atoms with Crippen LogP contribution in [0, 0.1) is 0 Å². The standard InChI is InChI=1S/C9H7ClN2/c10-9-11-6-8(12-9)7-4-2-1-3-5-7/h1-6H,(H,11,12). The van der Waals surface area contributed by atoms with Crippen molar-refractivity contribution in [3.05, 3.63) is 41.8 Å². The van der Waals surface area contributed by atoms with Gasteiger partial charge in [0.25, 0.3) is 0 Å². The average Bonchev–Trinajstić information content (AvgIpc) is 2.54. The molecule has 0 spiro atoms. The zero-order valence-corrected chi connectivity index (χ0v) is 7.05. The lowest BCUT2D eigenvalue weighted by atomic mass is 10.2. The summed E-state index contributed by atoms with van der Waals surface area (Å²) in [6.45, 7) is 0. The molecule has 1 N–H and O–H groups in total. The molecule has 3 heteroatoms. The minimum atomic E-state index is 0.425. The molecule has 1 aromatic carbocycles. The van der Waals surface area contributed by atoms with Crippen LogP contribution in [0.5, 0.6) is 0 Å². The van der Waals surface area contributed by atoms with Gasteiger partial charge in [-0.15, -0.1) is 0 Å². The van der Waals surface area contributed by atoms with Crippen LogP contribution >= 0.6 is 11.6 Å². The summed E-state index contributed by atoms with van der Waals surface area (Å²) in [4.78, 5) is 6.85. The Kier molecular flexibility index (Phi) is 1.84. The van der Waals surface area contributed by atoms with Crippen molar-refractivity contribution in [3.8, 4) is 11.3 Å². The van der Waals surface area contributed by atoms with Gasteiger partial charge in [0.05, 0.1) is 11.9 Å². The zero-order valence-electron chi connectivity index (χ0n) is 6.29. The molecule has 0 saturated carbocycles. The smallest absolute Gasteiger partial charge is 0.200 e. The second-order valence-electron chi connectivity index (χ2n) is 2.45. The number of hydrogen-bond acceptors (Lipinski definition) is 1. The van der Waals surface area contributed by atoms with Gasteiger partial charge >= 0.3 is 0 Å². The molecule has 2 nitrogen and oxygen atoms in total. The first-order valence-corrected chi connectivity index (χ1v) is 4.00. The van der Waals surface area contributed by atoms with Crippen LogP contribution in [0.15, 0.2) is 36.5 Å². The molecule has 0 aliphatic rings. The van der Waals surface area contributed by atoms with Gasteiger partial charge in [0.15, 0.2) is 5.28 Å². The molecule has 0 atom stereocenters. The van der Waals surface area contributed by atoms with Crippen LogP contribution in [0.2, 0.25) is 5.28 Å². The normalized spacial score (nSPS) is 10.1. The fraction of sp³-hybridized carbons (Fsp3) is 0. The third-order valence-electron chi connectivity index (χ3n) is 1.63. The van der Waals surface area contributed by atoms with Gasteiger partial charge in [-0.05, 0) is 17.2 Å². The van der Waals surface area contributed by atoms with Crippen LogP contribution in [-0.4, -0.2) is 9.97 Å². The molecule has 0 saturated heterocycles. The van der Waals surface area contributed by atoms with Crippen molar-refractivity contribution in [3.63, 3.8) is 0 Å². The van der Waals surface area contributed by atoms with Crippen molar-refractivity contribution in [2.45, 2.75) is 0 Å². The van der Waals surface area contributed by atoms with Gasteiger partial charge in [-0.2, -0.15) is 0 Å². The number of rotatable bonds is 1. The summed E-state index contributed by atoms with van der Waals surface area (Å²) >= 11 is 5.64. The summed E-state index contributed by atoms with van der Waals surface area (Å²) < 4.78 is 0. The van der Waals surface area contributed by atoms with Crippen molar-refractivity contribution in [2.24, 2.45) is 0 Å². The maximum atomic E-state index is 5.64. The van der Waals surface area contributed by atoms with E-state index < -0.39 is 0 Å². The van der Waals surface area contributed by atoms with Gasteiger partial charge < -0.3 is 4.98 Å². The highest BCUT2D eigenvalue weighted by Crippen LogP contribution is 2.17. The Balaban J connectivity index is 2.45. The lowest BCUT2D eigenvalue weighted by molar-refractivity contribution is 1.31. The van der Waals surface area contributed by atoms with Gasteiger partial charge in [-0.1, -0.05) is 30.3 Å². The summed E-state index contributed by atoms with van der Waals surface area (Å²) in [5.74, 6) is 0. The first-order chi connectivity index (χ1) is 5.86. The molecule has 0 amide bonds. The first-order valence-electron chi connectivity index (χ1n) is 3.62. The highest BCUT2D eigenvalue weighted by molar-refractivity contribution is 6.28. The fourth-order valence-corrected chi connectivity index (χ4v) is 1.21. The quantitative estimate of drug-likeness (QED) is 0.715. The molecule has 0 bridgehead atoms. The van der Waals surface area contributed by atoms with E-state index in [1.807, 2.05) is 30.3 Å². The van der Waals surface area contributed by atoms with Crippen LogP contribution in [-0.2, 0) is 0 Å². The number of imidazole rings is 1. The highest BCUT2D eigenvalue weighted by atomic mass is 35.5. The Morgan fingerprint density at radius 2 is 1.92 bits per heavy atom. The Morgan fingerprint density at radius 3 is 2.50 bits per heavy atom. The van der Waals surface area contributed by atoms with E-state index in [0.29, 0.717) is 5.28 Å². The van der Waals surface area contributed by atoms with Gasteiger partial charge in [0, 0.05) is 0 Å². The molecule has 1 heterocycles. The third kappa shape index (κ3) is 1.34. The van der Waals surface area contributed by atoms with E-state index in [1.165, 1.54) is 0 Å². The molecule has 0 aliphatic carbocycles. The fourth-order valence-electron chi connectivity index (χ4n) is 1.06. The summed E-state index contributed by atoms with van der Waals surface area (Å²) in [6.07, 6.45) is 1.72. The third-order valence-corrected chi connectivity index (χ3v) is 1.82. The molecule has 0 unspecified atom stereocenters. The van der Waals surface area contributed by atoms with Crippen LogP contribution in [0.4, 0.5) is 0 Å². The molecule has 0 radical (unpaired) electrons. The number of halogens is 1. The van der Waals surface area contributed by atoms with E-state index in [0.717, 1.165) is 11.3 Å². The summed E-state index contributed by atoms with van der Waals surface area (Å²) in [7, 11) is 0. The molecule has 0 fully saturated rings. The maximum Gasteiger partial charge on any atom is 0.200 e. The highest BCUT2D eigenvalue weighted by Gasteiger charge is 1.98. The van der Waals surface area contributed by atoms with Gasteiger partial charge in [0.2, 0.25) is 0 Å². The lowest BCUT2D eigenvalue weighted by Crippen LogP contribution is -1.74. The Labute approximate surface area is 75.2 Å². The van der Waals surface area contributed by atoms with E-state index in [1.54, 1.807) is 6.20 Å². The van der Waals surface area contributed by atoms with Crippen LogP contribution in [0.1, 0.15) is 0 Å². The number of nitrogens with zero attached hydrogens (tertiary/aromatic N) is 1. The minimum absolute atomic E-state index is 0.425. The Morgan fingerprint density at radius 1 is 1.17 bits per heavy atom. The van der Waals surface area contributed by atoms with Gasteiger partial charge in [-0.3, -0.25) is 0 Å². The van der Waals surface area contributed by atoms with Crippen molar-refractivity contribution >= 4 is 11.6 Å². The van der Waals surface area contributed by atoms with Crippen molar-refractivity contribution in [1.29, 1.82) is 0 Å². The molecule has 0 aliphatic heterocycles. The molecule has 12 heavy (non-hydrogen) atoms. The van der Waals surface area contributed by atoms with E-state index in [4.69, 9.17) is 11.6 Å². The Hall–Kier alpha value is -1.28. The molecule has 2 aromatic rings. The SMILES string of the molecule is Clc1ncc(-c2ccccc2)[nH]1. The maximum absolute atomic E-state index is 5.64. The summed E-state index contributed by atoms with van der Waals surface area (Å²) in [6, 6.07) is 9.93. The van der Waals surface area contributed by atoms with E-state index in [9.17, 15) is 0 Å². The van der Waals surface area contributed by atoms with E-state index in [-0.39, 0.29) is 0 Å².